The predicted molar refractivity (Wildman–Crippen MR) is 111 cm³/mol. The molecule has 0 aliphatic heterocycles. The molecule has 1 aromatic rings. The molecule has 0 spiro atoms. The van der Waals surface area contributed by atoms with Crippen LogP contribution in [0, 0.1) is 17.3 Å². The summed E-state index contributed by atoms with van der Waals surface area (Å²) in [6, 6.07) is 4.03. The summed E-state index contributed by atoms with van der Waals surface area (Å²) in [5, 5.41) is 0. The van der Waals surface area contributed by atoms with Crippen molar-refractivity contribution in [2.24, 2.45) is 24.3 Å². The fourth-order valence-electron chi connectivity index (χ4n) is 3.08. The van der Waals surface area contributed by atoms with Gasteiger partial charge in [0.1, 0.15) is 0 Å². The molecule has 2 amide bonds. The van der Waals surface area contributed by atoms with Gasteiger partial charge in [0, 0.05) is 38.4 Å². The van der Waals surface area contributed by atoms with Gasteiger partial charge in [0.25, 0.3) is 0 Å². The Bertz CT molecular complexity index is 611. The second-order valence-electron chi connectivity index (χ2n) is 9.68. The number of nitrogens with zero attached hydrogens (tertiary/aromatic N) is 3. The second kappa shape index (κ2) is 9.95. The minimum Gasteiger partial charge on any atom is -0.353 e. The summed E-state index contributed by atoms with van der Waals surface area (Å²) in [7, 11) is 1.99. The van der Waals surface area contributed by atoms with E-state index in [1.165, 1.54) is 0 Å². The highest BCUT2D eigenvalue weighted by Crippen LogP contribution is 2.20. The average molecular weight is 378 g/mol. The van der Waals surface area contributed by atoms with Crippen LogP contribution in [-0.4, -0.2) is 45.8 Å². The third-order valence-electron chi connectivity index (χ3n) is 4.29. The lowest BCUT2D eigenvalue weighted by molar-refractivity contribution is -0.142. The first-order chi connectivity index (χ1) is 12.4. The molecule has 0 saturated heterocycles. The van der Waals surface area contributed by atoms with E-state index in [0.717, 1.165) is 5.69 Å². The van der Waals surface area contributed by atoms with Crippen LogP contribution >= 0.6 is 0 Å². The van der Waals surface area contributed by atoms with Crippen LogP contribution in [0.2, 0.25) is 0 Å². The van der Waals surface area contributed by atoms with Crippen LogP contribution < -0.4 is 0 Å². The number of amides is 2. The molecule has 0 unspecified atom stereocenters. The van der Waals surface area contributed by atoms with Crippen molar-refractivity contribution in [3.8, 4) is 0 Å². The third kappa shape index (κ3) is 8.63. The monoisotopic (exact) mass is 377 g/mol. The van der Waals surface area contributed by atoms with Gasteiger partial charge in [-0.1, -0.05) is 48.5 Å². The fourth-order valence-corrected chi connectivity index (χ4v) is 3.08. The molecule has 0 N–H and O–H groups in total. The highest BCUT2D eigenvalue weighted by atomic mass is 16.2. The number of carbonyl (C=O) groups is 2. The molecule has 0 aromatic carbocycles. The zero-order valence-electron chi connectivity index (χ0n) is 18.6. The molecule has 0 radical (unpaired) electrons. The lowest BCUT2D eigenvalue weighted by atomic mass is 9.91. The van der Waals surface area contributed by atoms with E-state index in [1.807, 2.05) is 34.8 Å². The molecule has 0 atom stereocenters. The van der Waals surface area contributed by atoms with Crippen molar-refractivity contribution in [3.63, 3.8) is 0 Å². The second-order valence-corrected chi connectivity index (χ2v) is 9.68. The predicted octanol–water partition coefficient (Wildman–Crippen LogP) is 3.93. The van der Waals surface area contributed by atoms with E-state index < -0.39 is 0 Å². The van der Waals surface area contributed by atoms with Gasteiger partial charge in [0.2, 0.25) is 11.8 Å². The van der Waals surface area contributed by atoms with Crippen LogP contribution in [0.15, 0.2) is 18.3 Å². The summed E-state index contributed by atoms with van der Waals surface area (Å²) in [6.45, 7) is 16.6. The van der Waals surface area contributed by atoms with Crippen molar-refractivity contribution in [2.75, 3.05) is 19.6 Å². The van der Waals surface area contributed by atoms with Crippen LogP contribution in [0.3, 0.4) is 0 Å². The summed E-state index contributed by atoms with van der Waals surface area (Å²) >= 11 is 0. The average Bonchev–Trinajstić information content (AvgIpc) is 2.88. The zero-order chi connectivity index (χ0) is 20.8. The SMILES string of the molecule is CC(C)CN(CC(=O)N(Cc1cccn1C)CC(C)C)C(=O)CC(C)(C)C. The summed E-state index contributed by atoms with van der Waals surface area (Å²) in [6.07, 6.45) is 2.44. The number of carbonyl (C=O) groups excluding carboxylic acids is 2. The van der Waals surface area contributed by atoms with Crippen LogP contribution in [0.4, 0.5) is 0 Å². The number of hydrogen-bond acceptors (Lipinski definition) is 2. The molecular weight excluding hydrogens is 338 g/mol. The van der Waals surface area contributed by atoms with Gasteiger partial charge >= 0.3 is 0 Å². The molecule has 0 fully saturated rings. The highest BCUT2D eigenvalue weighted by molar-refractivity contribution is 5.85. The zero-order valence-corrected chi connectivity index (χ0v) is 18.6. The topological polar surface area (TPSA) is 45.6 Å². The van der Waals surface area contributed by atoms with Gasteiger partial charge in [-0.05, 0) is 29.4 Å². The molecule has 5 nitrogen and oxygen atoms in total. The first-order valence-electron chi connectivity index (χ1n) is 10.0. The van der Waals surface area contributed by atoms with Crippen LogP contribution in [0.1, 0.15) is 60.6 Å². The number of hydrogen-bond donors (Lipinski definition) is 0. The minimum absolute atomic E-state index is 0.0211. The number of rotatable bonds is 9. The Balaban J connectivity index is 2.92. The molecule has 1 aromatic heterocycles. The summed E-state index contributed by atoms with van der Waals surface area (Å²) in [5.74, 6) is 0.784. The Morgan fingerprint density at radius 1 is 1.00 bits per heavy atom. The molecule has 5 heteroatoms. The maximum Gasteiger partial charge on any atom is 0.242 e. The van der Waals surface area contributed by atoms with Gasteiger partial charge in [-0.3, -0.25) is 9.59 Å². The lowest BCUT2D eigenvalue weighted by Gasteiger charge is -2.31. The van der Waals surface area contributed by atoms with Gasteiger partial charge < -0.3 is 14.4 Å². The number of aryl methyl sites for hydroxylation is 1. The molecule has 154 valence electrons. The first kappa shape index (κ1) is 23.3. The van der Waals surface area contributed by atoms with Crippen molar-refractivity contribution >= 4 is 11.8 Å². The van der Waals surface area contributed by atoms with E-state index in [4.69, 9.17) is 0 Å². The van der Waals surface area contributed by atoms with E-state index in [-0.39, 0.29) is 23.8 Å². The molecule has 0 aliphatic rings. The Labute approximate surface area is 165 Å². The standard InChI is InChI=1S/C22H39N3O2/c1-17(2)13-24(15-19-10-9-11-23(19)8)21(27)16-25(14-18(3)4)20(26)12-22(5,6)7/h9-11,17-18H,12-16H2,1-8H3. The summed E-state index contributed by atoms with van der Waals surface area (Å²) in [5.41, 5.74) is 1.01. The summed E-state index contributed by atoms with van der Waals surface area (Å²) < 4.78 is 2.04. The largest absolute Gasteiger partial charge is 0.353 e. The smallest absolute Gasteiger partial charge is 0.242 e. The van der Waals surface area contributed by atoms with Crippen molar-refractivity contribution in [2.45, 2.75) is 61.4 Å². The first-order valence-corrected chi connectivity index (χ1v) is 10.0. The van der Waals surface area contributed by atoms with E-state index in [1.54, 1.807) is 4.90 Å². The van der Waals surface area contributed by atoms with Crippen molar-refractivity contribution in [1.82, 2.24) is 14.4 Å². The summed E-state index contributed by atoms with van der Waals surface area (Å²) in [4.78, 5) is 29.5. The normalized spacial score (nSPS) is 11.9. The van der Waals surface area contributed by atoms with Gasteiger partial charge in [-0.2, -0.15) is 0 Å². The molecule has 1 heterocycles. The maximum atomic E-state index is 13.1. The molecule has 1 rings (SSSR count). The Kier molecular flexibility index (Phi) is 8.58. The Morgan fingerprint density at radius 2 is 1.56 bits per heavy atom. The number of aromatic nitrogens is 1. The molecule has 27 heavy (non-hydrogen) atoms. The molecular formula is C22H39N3O2. The van der Waals surface area contributed by atoms with E-state index in [0.29, 0.717) is 37.9 Å². The van der Waals surface area contributed by atoms with Crippen molar-refractivity contribution < 1.29 is 9.59 Å². The third-order valence-corrected chi connectivity index (χ3v) is 4.29. The van der Waals surface area contributed by atoms with Gasteiger partial charge in [-0.15, -0.1) is 0 Å². The van der Waals surface area contributed by atoms with Crippen molar-refractivity contribution in [1.29, 1.82) is 0 Å². The highest BCUT2D eigenvalue weighted by Gasteiger charge is 2.26. The molecule has 0 bridgehead atoms. The van der Waals surface area contributed by atoms with Crippen molar-refractivity contribution in [3.05, 3.63) is 24.0 Å². The molecule has 0 aliphatic carbocycles. The van der Waals surface area contributed by atoms with E-state index >= 15 is 0 Å². The van der Waals surface area contributed by atoms with Crippen LogP contribution in [0.5, 0.6) is 0 Å². The van der Waals surface area contributed by atoms with Crippen LogP contribution in [-0.2, 0) is 23.2 Å². The van der Waals surface area contributed by atoms with Gasteiger partial charge in [0.05, 0.1) is 13.1 Å². The Morgan fingerprint density at radius 3 is 2.00 bits per heavy atom. The lowest BCUT2D eigenvalue weighted by Crippen LogP contribution is -2.45. The van der Waals surface area contributed by atoms with E-state index in [2.05, 4.69) is 48.5 Å². The van der Waals surface area contributed by atoms with E-state index in [9.17, 15) is 9.59 Å². The van der Waals surface area contributed by atoms with Gasteiger partial charge in [-0.25, -0.2) is 0 Å². The quantitative estimate of drug-likeness (QED) is 0.654. The fraction of sp³-hybridized carbons (Fsp3) is 0.727. The van der Waals surface area contributed by atoms with Crippen LogP contribution in [0.25, 0.3) is 0 Å². The maximum absolute atomic E-state index is 13.1. The van der Waals surface area contributed by atoms with Gasteiger partial charge in [0.15, 0.2) is 0 Å². The molecule has 0 saturated carbocycles. The Hall–Kier alpha value is -1.78. The minimum atomic E-state index is -0.0873.